The van der Waals surface area contributed by atoms with Crippen LogP contribution < -0.4 is 10.1 Å². The van der Waals surface area contributed by atoms with Gasteiger partial charge in [0, 0.05) is 21.1 Å². The third-order valence-corrected chi connectivity index (χ3v) is 4.26. The summed E-state index contributed by atoms with van der Waals surface area (Å²) in [5.74, 6) is -0.701. The van der Waals surface area contributed by atoms with E-state index in [1.807, 2.05) is 12.1 Å². The van der Waals surface area contributed by atoms with Gasteiger partial charge in [0.25, 0.3) is 0 Å². The molecular weight excluding hydrogens is 476 g/mol. The van der Waals surface area contributed by atoms with E-state index in [1.54, 1.807) is 0 Å². The number of ether oxygens (including phenoxy) is 1. The number of halogens is 5. The molecule has 0 aliphatic heterocycles. The third kappa shape index (κ3) is 3.96. The van der Waals surface area contributed by atoms with E-state index >= 15 is 0 Å². The SMILES string of the molecule is COc1c(Br)cc(Br)cc1CNc1c(F)cc(Br)cc1F. The Morgan fingerprint density at radius 3 is 2.14 bits per heavy atom. The Morgan fingerprint density at radius 2 is 1.57 bits per heavy atom. The van der Waals surface area contributed by atoms with Crippen LogP contribution in [0.1, 0.15) is 5.56 Å². The molecule has 0 fully saturated rings. The Balaban J connectivity index is 2.29. The van der Waals surface area contributed by atoms with Crippen molar-refractivity contribution in [3.63, 3.8) is 0 Å². The summed E-state index contributed by atoms with van der Waals surface area (Å²) in [5.41, 5.74) is 0.594. The number of hydrogen-bond acceptors (Lipinski definition) is 2. The summed E-state index contributed by atoms with van der Waals surface area (Å²) in [6.45, 7) is 0.219. The van der Waals surface area contributed by atoms with E-state index in [9.17, 15) is 8.78 Å². The molecule has 0 heterocycles. The maximum atomic E-state index is 13.8. The van der Waals surface area contributed by atoms with Crippen molar-refractivity contribution in [1.82, 2.24) is 0 Å². The van der Waals surface area contributed by atoms with Crippen molar-refractivity contribution in [3.05, 3.63) is 54.9 Å². The van der Waals surface area contributed by atoms with Gasteiger partial charge in [0.05, 0.1) is 11.6 Å². The van der Waals surface area contributed by atoms with Crippen LogP contribution in [0.15, 0.2) is 37.7 Å². The lowest BCUT2D eigenvalue weighted by Gasteiger charge is -2.14. The number of anilines is 1. The van der Waals surface area contributed by atoms with Gasteiger partial charge in [-0.15, -0.1) is 0 Å². The normalized spacial score (nSPS) is 10.6. The van der Waals surface area contributed by atoms with Gasteiger partial charge in [-0.05, 0) is 40.2 Å². The first-order chi connectivity index (χ1) is 9.92. The van der Waals surface area contributed by atoms with Crippen LogP contribution in [0.4, 0.5) is 14.5 Å². The first kappa shape index (κ1) is 16.7. The molecule has 0 amide bonds. The van der Waals surface area contributed by atoms with Crippen molar-refractivity contribution in [1.29, 1.82) is 0 Å². The van der Waals surface area contributed by atoms with E-state index in [4.69, 9.17) is 4.74 Å². The molecule has 112 valence electrons. The lowest BCUT2D eigenvalue weighted by atomic mass is 10.2. The zero-order chi connectivity index (χ0) is 15.6. The highest BCUT2D eigenvalue weighted by atomic mass is 79.9. The Labute approximate surface area is 146 Å². The minimum absolute atomic E-state index is 0.170. The minimum Gasteiger partial charge on any atom is -0.495 e. The number of benzene rings is 2. The molecule has 0 atom stereocenters. The van der Waals surface area contributed by atoms with Crippen molar-refractivity contribution in [3.8, 4) is 5.75 Å². The van der Waals surface area contributed by atoms with E-state index in [2.05, 4.69) is 53.1 Å². The second-order valence-electron chi connectivity index (χ2n) is 4.18. The quantitative estimate of drug-likeness (QED) is 0.584. The number of rotatable bonds is 4. The molecule has 0 aliphatic rings. The molecule has 2 aromatic carbocycles. The van der Waals surface area contributed by atoms with Gasteiger partial charge in [-0.25, -0.2) is 8.78 Å². The van der Waals surface area contributed by atoms with Gasteiger partial charge in [0.1, 0.15) is 23.1 Å². The molecule has 2 nitrogen and oxygen atoms in total. The fraction of sp³-hybridized carbons (Fsp3) is 0.143. The molecule has 2 aromatic rings. The number of hydrogen-bond donors (Lipinski definition) is 1. The van der Waals surface area contributed by atoms with Gasteiger partial charge in [0.15, 0.2) is 0 Å². The standard InChI is InChI=1S/C14H10Br3F2NO/c1-21-14-7(2-8(15)3-10(14)17)6-20-13-11(18)4-9(16)5-12(13)19/h2-5,20H,6H2,1H3. The number of nitrogens with one attached hydrogen (secondary N) is 1. The molecule has 1 N–H and O–H groups in total. The van der Waals surface area contributed by atoms with E-state index in [-0.39, 0.29) is 12.2 Å². The molecular formula is C14H10Br3F2NO. The molecule has 7 heteroatoms. The van der Waals surface area contributed by atoms with Crippen molar-refractivity contribution in [2.45, 2.75) is 6.54 Å². The zero-order valence-electron chi connectivity index (χ0n) is 10.8. The molecule has 0 aromatic heterocycles. The van der Waals surface area contributed by atoms with Crippen LogP contribution in [0.2, 0.25) is 0 Å². The van der Waals surface area contributed by atoms with Crippen molar-refractivity contribution in [2.24, 2.45) is 0 Å². The summed E-state index contributed by atoms with van der Waals surface area (Å²) >= 11 is 9.80. The van der Waals surface area contributed by atoms with Gasteiger partial charge < -0.3 is 10.1 Å². The van der Waals surface area contributed by atoms with Crippen LogP contribution in [0.5, 0.6) is 5.75 Å². The zero-order valence-corrected chi connectivity index (χ0v) is 15.6. The molecule has 0 spiro atoms. The highest BCUT2D eigenvalue weighted by Gasteiger charge is 2.13. The Morgan fingerprint density at radius 1 is 1.00 bits per heavy atom. The molecule has 0 saturated heterocycles. The molecule has 0 bridgehead atoms. The predicted octanol–water partition coefficient (Wildman–Crippen LogP) is 5.87. The predicted molar refractivity (Wildman–Crippen MR) is 89.8 cm³/mol. The lowest BCUT2D eigenvalue weighted by molar-refractivity contribution is 0.407. The molecule has 2 rings (SSSR count). The van der Waals surface area contributed by atoms with Crippen LogP contribution in [0.25, 0.3) is 0 Å². The Kier molecular flexibility index (Phi) is 5.62. The molecule has 0 aliphatic carbocycles. The van der Waals surface area contributed by atoms with E-state index in [1.165, 1.54) is 19.2 Å². The molecule has 0 radical (unpaired) electrons. The monoisotopic (exact) mass is 483 g/mol. The van der Waals surface area contributed by atoms with E-state index in [0.717, 1.165) is 14.5 Å². The maximum absolute atomic E-state index is 13.8. The second-order valence-corrected chi connectivity index (χ2v) is 6.86. The van der Waals surface area contributed by atoms with Crippen molar-refractivity contribution < 1.29 is 13.5 Å². The summed E-state index contributed by atoms with van der Waals surface area (Å²) < 4.78 is 34.8. The average molecular weight is 486 g/mol. The summed E-state index contributed by atoms with van der Waals surface area (Å²) in [7, 11) is 1.54. The third-order valence-electron chi connectivity index (χ3n) is 2.75. The smallest absolute Gasteiger partial charge is 0.150 e. The van der Waals surface area contributed by atoms with Gasteiger partial charge in [-0.1, -0.05) is 31.9 Å². The number of methoxy groups -OCH3 is 1. The summed E-state index contributed by atoms with van der Waals surface area (Å²) in [6, 6.07) is 6.08. The van der Waals surface area contributed by atoms with Gasteiger partial charge in [0.2, 0.25) is 0 Å². The van der Waals surface area contributed by atoms with Crippen LogP contribution in [-0.4, -0.2) is 7.11 Å². The largest absolute Gasteiger partial charge is 0.495 e. The summed E-state index contributed by atoms with van der Waals surface area (Å²) in [4.78, 5) is 0. The average Bonchev–Trinajstić information content (AvgIpc) is 2.36. The van der Waals surface area contributed by atoms with Crippen LogP contribution >= 0.6 is 47.8 Å². The first-order valence-corrected chi connectivity index (χ1v) is 8.20. The molecule has 0 saturated carbocycles. The van der Waals surface area contributed by atoms with Crippen LogP contribution in [0.3, 0.4) is 0 Å². The van der Waals surface area contributed by atoms with E-state index in [0.29, 0.717) is 10.2 Å². The van der Waals surface area contributed by atoms with Gasteiger partial charge in [-0.2, -0.15) is 0 Å². The van der Waals surface area contributed by atoms with E-state index < -0.39 is 11.6 Å². The highest BCUT2D eigenvalue weighted by Crippen LogP contribution is 2.33. The molecule has 21 heavy (non-hydrogen) atoms. The van der Waals surface area contributed by atoms with Crippen molar-refractivity contribution >= 4 is 53.5 Å². The topological polar surface area (TPSA) is 21.3 Å². The van der Waals surface area contributed by atoms with Crippen LogP contribution in [-0.2, 0) is 6.54 Å². The molecule has 0 unspecified atom stereocenters. The fourth-order valence-electron chi connectivity index (χ4n) is 1.87. The maximum Gasteiger partial charge on any atom is 0.150 e. The first-order valence-electron chi connectivity index (χ1n) is 5.82. The van der Waals surface area contributed by atoms with Gasteiger partial charge >= 0.3 is 0 Å². The summed E-state index contributed by atoms with van der Waals surface area (Å²) in [6.07, 6.45) is 0. The lowest BCUT2D eigenvalue weighted by Crippen LogP contribution is -2.06. The minimum atomic E-state index is -0.657. The van der Waals surface area contributed by atoms with Crippen LogP contribution in [0, 0.1) is 11.6 Å². The Bertz CT molecular complexity index is 657. The summed E-state index contributed by atoms with van der Waals surface area (Å²) in [5, 5.41) is 2.76. The Hall–Kier alpha value is -0.660. The van der Waals surface area contributed by atoms with Crippen molar-refractivity contribution in [2.75, 3.05) is 12.4 Å². The second kappa shape index (κ2) is 7.07. The fourth-order valence-corrected chi connectivity index (χ4v) is 3.75. The van der Waals surface area contributed by atoms with Gasteiger partial charge in [-0.3, -0.25) is 0 Å². The highest BCUT2D eigenvalue weighted by molar-refractivity contribution is 9.11.